The Bertz CT molecular complexity index is 492. The summed E-state index contributed by atoms with van der Waals surface area (Å²) in [6.07, 6.45) is 2.80. The third-order valence-electron chi connectivity index (χ3n) is 2.78. The second-order valence-electron chi connectivity index (χ2n) is 3.98. The van der Waals surface area contributed by atoms with Gasteiger partial charge in [0.15, 0.2) is 0 Å². The molecule has 0 bridgehead atoms. The first-order valence-electron chi connectivity index (χ1n) is 6.31. The first-order valence-corrected chi connectivity index (χ1v) is 7.75. The fraction of sp³-hybridized carbons (Fsp3) is 0.429. The molecule has 3 nitrogen and oxygen atoms in total. The van der Waals surface area contributed by atoms with Gasteiger partial charge in [0, 0.05) is 13.1 Å². The third-order valence-corrected chi connectivity index (χ3v) is 4.66. The van der Waals surface area contributed by atoms with E-state index in [9.17, 15) is 8.42 Å². The Kier molecular flexibility index (Phi) is 5.56. The Morgan fingerprint density at radius 1 is 1.11 bits per heavy atom. The molecule has 1 aliphatic heterocycles. The smallest absolute Gasteiger partial charge is 0.207 e. The van der Waals surface area contributed by atoms with E-state index in [1.807, 2.05) is 32.9 Å². The van der Waals surface area contributed by atoms with Gasteiger partial charge in [-0.3, -0.25) is 0 Å². The Morgan fingerprint density at radius 3 is 2.22 bits per heavy atom. The Balaban J connectivity index is 0.000000771. The Hall–Kier alpha value is -1.13. The van der Waals surface area contributed by atoms with Crippen LogP contribution >= 0.6 is 0 Å². The van der Waals surface area contributed by atoms with Gasteiger partial charge < -0.3 is 0 Å². The summed E-state index contributed by atoms with van der Waals surface area (Å²) in [6.45, 7) is 7.11. The van der Waals surface area contributed by atoms with Crippen LogP contribution in [0, 0.1) is 0 Å². The fourth-order valence-electron chi connectivity index (χ4n) is 1.71. The molecule has 2 rings (SSSR count). The van der Waals surface area contributed by atoms with E-state index >= 15 is 0 Å². The average Bonchev–Trinajstić information content (AvgIpc) is 2.42. The maximum absolute atomic E-state index is 12.2. The minimum absolute atomic E-state index is 0.378. The maximum atomic E-state index is 12.2. The van der Waals surface area contributed by atoms with Crippen molar-refractivity contribution in [1.82, 2.24) is 4.31 Å². The van der Waals surface area contributed by atoms with Crippen LogP contribution in [0.1, 0.15) is 27.2 Å². The molecule has 0 unspecified atom stereocenters. The zero-order chi connectivity index (χ0) is 13.6. The van der Waals surface area contributed by atoms with Crippen LogP contribution in [0.4, 0.5) is 0 Å². The highest BCUT2D eigenvalue weighted by Gasteiger charge is 2.24. The van der Waals surface area contributed by atoms with E-state index in [4.69, 9.17) is 0 Å². The van der Waals surface area contributed by atoms with Crippen molar-refractivity contribution in [2.24, 2.45) is 0 Å². The molecule has 0 amide bonds. The lowest BCUT2D eigenvalue weighted by atomic mass is 10.1. The number of sulfonamides is 1. The fourth-order valence-corrected chi connectivity index (χ4v) is 3.11. The van der Waals surface area contributed by atoms with Gasteiger partial charge in [-0.25, -0.2) is 8.42 Å². The molecule has 0 fully saturated rings. The van der Waals surface area contributed by atoms with Crippen LogP contribution in [-0.2, 0) is 10.0 Å². The summed E-state index contributed by atoms with van der Waals surface area (Å²) >= 11 is 0. The summed E-state index contributed by atoms with van der Waals surface area (Å²) in [7, 11) is -3.30. The molecule has 18 heavy (non-hydrogen) atoms. The Morgan fingerprint density at radius 2 is 1.72 bits per heavy atom. The van der Waals surface area contributed by atoms with Gasteiger partial charge in [0.05, 0.1) is 4.90 Å². The van der Waals surface area contributed by atoms with Gasteiger partial charge in [-0.1, -0.05) is 43.7 Å². The predicted octanol–water partition coefficient (Wildman–Crippen LogP) is 3.05. The quantitative estimate of drug-likeness (QED) is 0.772. The van der Waals surface area contributed by atoms with Crippen LogP contribution in [0.25, 0.3) is 0 Å². The molecular formula is C14H21NO2S. The summed E-state index contributed by atoms with van der Waals surface area (Å²) in [5.41, 5.74) is 1.26. The number of hydrogen-bond acceptors (Lipinski definition) is 2. The molecule has 1 aromatic carbocycles. The van der Waals surface area contributed by atoms with Gasteiger partial charge in [0.25, 0.3) is 0 Å². The van der Waals surface area contributed by atoms with Crippen molar-refractivity contribution in [3.8, 4) is 0 Å². The lowest BCUT2D eigenvalue weighted by Gasteiger charge is -2.24. The van der Waals surface area contributed by atoms with Gasteiger partial charge in [-0.05, 0) is 25.5 Å². The van der Waals surface area contributed by atoms with Crippen molar-refractivity contribution in [2.75, 3.05) is 13.1 Å². The summed E-state index contributed by atoms with van der Waals surface area (Å²) in [6, 6.07) is 8.59. The van der Waals surface area contributed by atoms with E-state index in [1.54, 1.807) is 24.3 Å². The SMILES string of the molecule is CC.CC1=CCN(S(=O)(=O)c2ccccc2)CC1. The van der Waals surface area contributed by atoms with Gasteiger partial charge in [-0.15, -0.1) is 0 Å². The first kappa shape index (κ1) is 14.9. The molecule has 0 N–H and O–H groups in total. The predicted molar refractivity (Wildman–Crippen MR) is 74.9 cm³/mol. The second-order valence-corrected chi connectivity index (χ2v) is 5.91. The Labute approximate surface area is 110 Å². The van der Waals surface area contributed by atoms with E-state index < -0.39 is 10.0 Å². The molecule has 0 radical (unpaired) electrons. The molecule has 100 valence electrons. The molecule has 1 heterocycles. The van der Waals surface area contributed by atoms with E-state index in [0.29, 0.717) is 18.0 Å². The number of rotatable bonds is 2. The van der Waals surface area contributed by atoms with Gasteiger partial charge >= 0.3 is 0 Å². The number of benzene rings is 1. The van der Waals surface area contributed by atoms with Crippen molar-refractivity contribution in [3.05, 3.63) is 42.0 Å². The van der Waals surface area contributed by atoms with Crippen LogP contribution in [0.15, 0.2) is 46.9 Å². The van der Waals surface area contributed by atoms with E-state index in [0.717, 1.165) is 6.42 Å². The van der Waals surface area contributed by atoms with E-state index in [2.05, 4.69) is 0 Å². The lowest BCUT2D eigenvalue weighted by molar-refractivity contribution is 0.431. The zero-order valence-corrected chi connectivity index (χ0v) is 12.1. The highest BCUT2D eigenvalue weighted by Crippen LogP contribution is 2.19. The van der Waals surface area contributed by atoms with Crippen LogP contribution in [0.3, 0.4) is 0 Å². The van der Waals surface area contributed by atoms with Crippen LogP contribution in [0.2, 0.25) is 0 Å². The van der Waals surface area contributed by atoms with Gasteiger partial charge in [-0.2, -0.15) is 4.31 Å². The molecule has 0 saturated carbocycles. The minimum atomic E-state index is -3.30. The van der Waals surface area contributed by atoms with Crippen LogP contribution in [-0.4, -0.2) is 25.8 Å². The molecule has 1 aliphatic rings. The molecular weight excluding hydrogens is 246 g/mol. The average molecular weight is 267 g/mol. The van der Waals surface area contributed by atoms with Crippen molar-refractivity contribution in [3.63, 3.8) is 0 Å². The van der Waals surface area contributed by atoms with Crippen LogP contribution < -0.4 is 0 Å². The summed E-state index contributed by atoms with van der Waals surface area (Å²) in [5, 5.41) is 0. The molecule has 0 atom stereocenters. The lowest BCUT2D eigenvalue weighted by Crippen LogP contribution is -2.34. The summed E-state index contributed by atoms with van der Waals surface area (Å²) < 4.78 is 25.9. The number of hydrogen-bond donors (Lipinski definition) is 0. The number of nitrogens with zero attached hydrogens (tertiary/aromatic N) is 1. The monoisotopic (exact) mass is 267 g/mol. The standard InChI is InChI=1S/C12H15NO2S.C2H6/c1-11-7-9-13(10-8-11)16(14,15)12-5-3-2-4-6-12;1-2/h2-7H,8-10H2,1H3;1-2H3. The highest BCUT2D eigenvalue weighted by atomic mass is 32.2. The topological polar surface area (TPSA) is 37.4 Å². The molecule has 1 aromatic rings. The van der Waals surface area contributed by atoms with Gasteiger partial charge in [0.1, 0.15) is 0 Å². The first-order chi connectivity index (χ1) is 8.60. The molecule has 0 aliphatic carbocycles. The third kappa shape index (κ3) is 3.43. The van der Waals surface area contributed by atoms with Crippen molar-refractivity contribution in [1.29, 1.82) is 0 Å². The van der Waals surface area contributed by atoms with Crippen molar-refractivity contribution >= 4 is 10.0 Å². The van der Waals surface area contributed by atoms with E-state index in [1.165, 1.54) is 9.88 Å². The normalized spacial score (nSPS) is 16.5. The largest absolute Gasteiger partial charge is 0.243 e. The highest BCUT2D eigenvalue weighted by molar-refractivity contribution is 7.89. The maximum Gasteiger partial charge on any atom is 0.243 e. The van der Waals surface area contributed by atoms with Gasteiger partial charge in [0.2, 0.25) is 10.0 Å². The van der Waals surface area contributed by atoms with Crippen molar-refractivity contribution < 1.29 is 8.42 Å². The van der Waals surface area contributed by atoms with Crippen LogP contribution in [0.5, 0.6) is 0 Å². The summed E-state index contributed by atoms with van der Waals surface area (Å²) in [4.78, 5) is 0.378. The molecule has 0 saturated heterocycles. The zero-order valence-electron chi connectivity index (χ0n) is 11.3. The minimum Gasteiger partial charge on any atom is -0.207 e. The summed E-state index contributed by atoms with van der Waals surface area (Å²) in [5.74, 6) is 0. The molecule has 0 aromatic heterocycles. The second kappa shape index (κ2) is 6.71. The van der Waals surface area contributed by atoms with Crippen molar-refractivity contribution in [2.45, 2.75) is 32.1 Å². The van der Waals surface area contributed by atoms with E-state index in [-0.39, 0.29) is 0 Å². The molecule has 4 heteroatoms. The molecule has 0 spiro atoms.